The fourth-order valence-electron chi connectivity index (χ4n) is 2.16. The van der Waals surface area contributed by atoms with Crippen molar-refractivity contribution < 1.29 is 13.9 Å². The molecule has 0 spiro atoms. The molecule has 0 atom stereocenters. The third-order valence-electron chi connectivity index (χ3n) is 3.23. The third kappa shape index (κ3) is 5.92. The second-order valence-corrected chi connectivity index (χ2v) is 6.69. The summed E-state index contributed by atoms with van der Waals surface area (Å²) < 4.78 is 19.1. The number of nitrogens with zero attached hydrogens (tertiary/aromatic N) is 1. The number of amides is 1. The van der Waals surface area contributed by atoms with Gasteiger partial charge in [0.15, 0.2) is 0 Å². The van der Waals surface area contributed by atoms with E-state index in [1.165, 1.54) is 6.08 Å². The maximum Gasteiger partial charge on any atom is 0.410 e. The molecule has 1 aliphatic heterocycles. The van der Waals surface area contributed by atoms with Crippen molar-refractivity contribution in [3.63, 3.8) is 0 Å². The molecule has 0 radical (unpaired) electrons. The molecule has 1 fully saturated rings. The number of ether oxygens (including phenoxy) is 1. The van der Waals surface area contributed by atoms with Crippen LogP contribution in [0.4, 0.5) is 9.18 Å². The van der Waals surface area contributed by atoms with Crippen LogP contribution in [0.5, 0.6) is 0 Å². The molecule has 1 heterocycles. The zero-order valence-electron chi connectivity index (χ0n) is 12.9. The first kappa shape index (κ1) is 17.8. The fourth-order valence-corrected chi connectivity index (χ4v) is 2.26. The second kappa shape index (κ2) is 7.12. The Morgan fingerprint density at radius 3 is 2.29 bits per heavy atom. The molecule has 5 heteroatoms. The molecule has 0 aromatic heterocycles. The van der Waals surface area contributed by atoms with Gasteiger partial charge in [-0.1, -0.05) is 24.8 Å². The maximum atomic E-state index is 13.8. The molecule has 0 aromatic rings. The van der Waals surface area contributed by atoms with Gasteiger partial charge in [-0.25, -0.2) is 9.18 Å². The van der Waals surface area contributed by atoms with Crippen LogP contribution in [0.25, 0.3) is 0 Å². The topological polar surface area (TPSA) is 29.5 Å². The Balaban J connectivity index is 2.54. The molecule has 0 aromatic carbocycles. The predicted octanol–water partition coefficient (Wildman–Crippen LogP) is 4.80. The third-order valence-corrected chi connectivity index (χ3v) is 3.34. The van der Waals surface area contributed by atoms with Crippen molar-refractivity contribution in [2.24, 2.45) is 5.92 Å². The SMILES string of the molecule is C=C(Cl)/C=C(/F)C(=C)C1CCN(C(=O)OC(C)(C)C)CC1. The first-order valence-electron chi connectivity index (χ1n) is 6.99. The van der Waals surface area contributed by atoms with Crippen LogP contribution in [0, 0.1) is 5.92 Å². The molecule has 21 heavy (non-hydrogen) atoms. The van der Waals surface area contributed by atoms with Gasteiger partial charge in [-0.2, -0.15) is 0 Å². The van der Waals surface area contributed by atoms with Crippen LogP contribution in [-0.2, 0) is 4.74 Å². The highest BCUT2D eigenvalue weighted by atomic mass is 35.5. The summed E-state index contributed by atoms with van der Waals surface area (Å²) in [5.41, 5.74) is -0.0896. The molecule has 0 aliphatic carbocycles. The first-order chi connectivity index (χ1) is 9.60. The van der Waals surface area contributed by atoms with Gasteiger partial charge in [-0.3, -0.25) is 0 Å². The molecule has 1 amide bonds. The van der Waals surface area contributed by atoms with Crippen LogP contribution in [0.1, 0.15) is 33.6 Å². The Labute approximate surface area is 131 Å². The van der Waals surface area contributed by atoms with Crippen molar-refractivity contribution in [1.82, 2.24) is 4.90 Å². The van der Waals surface area contributed by atoms with E-state index < -0.39 is 11.4 Å². The van der Waals surface area contributed by atoms with Crippen molar-refractivity contribution in [3.8, 4) is 0 Å². The lowest BCUT2D eigenvalue weighted by Crippen LogP contribution is -2.42. The largest absolute Gasteiger partial charge is 0.444 e. The van der Waals surface area contributed by atoms with Gasteiger partial charge in [0.05, 0.1) is 0 Å². The lowest BCUT2D eigenvalue weighted by Gasteiger charge is -2.33. The van der Waals surface area contributed by atoms with E-state index in [4.69, 9.17) is 16.3 Å². The standard InChI is InChI=1S/C16H23ClFNO2/c1-11(17)10-14(18)12(2)13-6-8-19(9-7-13)15(20)21-16(3,4)5/h10,13H,1-2,6-9H2,3-5H3/b14-10+. The van der Waals surface area contributed by atoms with E-state index >= 15 is 0 Å². The molecular weight excluding hydrogens is 293 g/mol. The van der Waals surface area contributed by atoms with Crippen molar-refractivity contribution >= 4 is 17.7 Å². The summed E-state index contributed by atoms with van der Waals surface area (Å²) in [6.07, 6.45) is 2.17. The quantitative estimate of drug-likeness (QED) is 0.700. The molecule has 3 nitrogen and oxygen atoms in total. The van der Waals surface area contributed by atoms with E-state index in [0.29, 0.717) is 31.5 Å². The Hall–Kier alpha value is -1.29. The number of hydrogen-bond donors (Lipinski definition) is 0. The minimum atomic E-state index is -0.507. The summed E-state index contributed by atoms with van der Waals surface area (Å²) in [5, 5.41) is 0.139. The number of likely N-dealkylation sites (tertiary alicyclic amines) is 1. The normalized spacial score (nSPS) is 17.6. The van der Waals surface area contributed by atoms with E-state index in [9.17, 15) is 9.18 Å². The average molecular weight is 316 g/mol. The molecule has 1 rings (SSSR count). The highest BCUT2D eigenvalue weighted by Gasteiger charge is 2.28. The van der Waals surface area contributed by atoms with E-state index in [1.54, 1.807) is 4.90 Å². The van der Waals surface area contributed by atoms with Gasteiger partial charge < -0.3 is 9.64 Å². The van der Waals surface area contributed by atoms with E-state index in [0.717, 1.165) is 0 Å². The minimum absolute atomic E-state index is 0.0101. The van der Waals surface area contributed by atoms with Crippen molar-refractivity contribution in [2.75, 3.05) is 13.1 Å². The zero-order valence-corrected chi connectivity index (χ0v) is 13.7. The lowest BCUT2D eigenvalue weighted by molar-refractivity contribution is 0.0194. The van der Waals surface area contributed by atoms with Crippen molar-refractivity contribution in [2.45, 2.75) is 39.2 Å². The molecule has 0 unspecified atom stereocenters. The minimum Gasteiger partial charge on any atom is -0.444 e. The van der Waals surface area contributed by atoms with Crippen molar-refractivity contribution in [3.05, 3.63) is 35.7 Å². The smallest absolute Gasteiger partial charge is 0.410 e. The summed E-state index contributed by atoms with van der Waals surface area (Å²) >= 11 is 5.56. The van der Waals surface area contributed by atoms with Gasteiger partial charge in [-0.05, 0) is 51.2 Å². The number of piperidine rings is 1. The van der Waals surface area contributed by atoms with Crippen LogP contribution in [0.2, 0.25) is 0 Å². The summed E-state index contributed by atoms with van der Waals surface area (Å²) in [5.74, 6) is -0.429. The molecule has 0 saturated carbocycles. The first-order valence-corrected chi connectivity index (χ1v) is 7.36. The molecule has 118 valence electrons. The Bertz CT molecular complexity index is 457. The Kier molecular flexibility index (Phi) is 6.02. The molecule has 1 aliphatic rings. The number of carbonyl (C=O) groups excluding carboxylic acids is 1. The van der Waals surface area contributed by atoms with Gasteiger partial charge in [0.2, 0.25) is 0 Å². The molecular formula is C16H23ClFNO2. The van der Waals surface area contributed by atoms with Gasteiger partial charge in [0, 0.05) is 18.1 Å². The van der Waals surface area contributed by atoms with E-state index in [2.05, 4.69) is 13.2 Å². The summed E-state index contributed by atoms with van der Waals surface area (Å²) in [4.78, 5) is 13.6. The van der Waals surface area contributed by atoms with Crippen molar-refractivity contribution in [1.29, 1.82) is 0 Å². The summed E-state index contributed by atoms with van der Waals surface area (Å²) in [7, 11) is 0. The van der Waals surface area contributed by atoms with Gasteiger partial charge in [0.25, 0.3) is 0 Å². The van der Waals surface area contributed by atoms with E-state index in [1.807, 2.05) is 20.8 Å². The zero-order chi connectivity index (χ0) is 16.2. The summed E-state index contributed by atoms with van der Waals surface area (Å²) in [6.45, 7) is 13.8. The molecule has 0 bridgehead atoms. The summed E-state index contributed by atoms with van der Waals surface area (Å²) in [6, 6.07) is 0. The van der Waals surface area contributed by atoms with Crippen LogP contribution in [-0.4, -0.2) is 29.7 Å². The predicted molar refractivity (Wildman–Crippen MR) is 83.9 cm³/mol. The lowest BCUT2D eigenvalue weighted by atomic mass is 9.89. The Morgan fingerprint density at radius 1 is 1.33 bits per heavy atom. The fraction of sp³-hybridized carbons (Fsp3) is 0.562. The van der Waals surface area contributed by atoms with Crippen LogP contribution in [0.15, 0.2) is 35.7 Å². The second-order valence-electron chi connectivity index (χ2n) is 6.21. The van der Waals surface area contributed by atoms with Crippen LogP contribution in [0.3, 0.4) is 0 Å². The number of carbonyl (C=O) groups is 1. The van der Waals surface area contributed by atoms with Gasteiger partial charge in [-0.15, -0.1) is 0 Å². The number of rotatable bonds is 3. The monoisotopic (exact) mass is 315 g/mol. The number of halogens is 2. The van der Waals surface area contributed by atoms with Crippen LogP contribution >= 0.6 is 11.6 Å². The van der Waals surface area contributed by atoms with Gasteiger partial charge in [0.1, 0.15) is 11.4 Å². The maximum absolute atomic E-state index is 13.8. The van der Waals surface area contributed by atoms with Crippen LogP contribution < -0.4 is 0 Å². The Morgan fingerprint density at radius 2 is 1.86 bits per heavy atom. The molecule has 1 saturated heterocycles. The highest BCUT2D eigenvalue weighted by Crippen LogP contribution is 2.30. The average Bonchev–Trinajstić information content (AvgIpc) is 2.35. The van der Waals surface area contributed by atoms with E-state index in [-0.39, 0.29) is 17.0 Å². The van der Waals surface area contributed by atoms with Gasteiger partial charge >= 0.3 is 6.09 Å². The number of hydrogen-bond acceptors (Lipinski definition) is 2. The molecule has 0 N–H and O–H groups in total. The number of allylic oxidation sites excluding steroid dienone is 4. The highest BCUT2D eigenvalue weighted by molar-refractivity contribution is 6.30.